The van der Waals surface area contributed by atoms with Gasteiger partial charge in [-0.15, -0.1) is 24.8 Å². The van der Waals surface area contributed by atoms with Crippen molar-refractivity contribution in [3.8, 4) is 0 Å². The van der Waals surface area contributed by atoms with Gasteiger partial charge in [0.2, 0.25) is 0 Å². The summed E-state index contributed by atoms with van der Waals surface area (Å²) in [5, 5.41) is 6.01. The Balaban J connectivity index is 0. The molecule has 0 aliphatic carbocycles. The van der Waals surface area contributed by atoms with Crippen LogP contribution in [0.1, 0.15) is 31.1 Å². The smallest absolute Gasteiger partial charge is 0.251 e. The first-order valence-electron chi connectivity index (χ1n) is 7.20. The second-order valence-corrected chi connectivity index (χ2v) is 5.72. The molecule has 0 bridgehead atoms. The summed E-state index contributed by atoms with van der Waals surface area (Å²) in [4.78, 5) is 14.2. The van der Waals surface area contributed by atoms with E-state index in [2.05, 4.69) is 36.4 Å². The maximum atomic E-state index is 12.0. The Hall–Kier alpha value is -0.970. The molecule has 128 valence electrons. The second kappa shape index (κ2) is 11.6. The van der Waals surface area contributed by atoms with Crippen LogP contribution >= 0.6 is 24.8 Å². The molecule has 1 atom stereocenters. The fourth-order valence-electron chi connectivity index (χ4n) is 1.97. The molecule has 0 aliphatic rings. The van der Waals surface area contributed by atoms with Crippen molar-refractivity contribution in [2.45, 2.75) is 26.8 Å². The third-order valence-corrected chi connectivity index (χ3v) is 3.27. The number of anilines is 1. The van der Waals surface area contributed by atoms with E-state index in [0.717, 1.165) is 12.2 Å². The van der Waals surface area contributed by atoms with Gasteiger partial charge in [-0.2, -0.15) is 0 Å². The van der Waals surface area contributed by atoms with E-state index < -0.39 is 0 Å². The van der Waals surface area contributed by atoms with Gasteiger partial charge in [0.25, 0.3) is 5.91 Å². The van der Waals surface area contributed by atoms with Crippen LogP contribution in [0, 0.1) is 5.92 Å². The predicted octanol–water partition coefficient (Wildman–Crippen LogP) is 2.96. The van der Waals surface area contributed by atoms with Gasteiger partial charge in [0, 0.05) is 37.4 Å². The predicted molar refractivity (Wildman–Crippen MR) is 99.9 cm³/mol. The number of hydrogen-bond acceptors (Lipinski definition) is 3. The molecule has 6 heteroatoms. The fraction of sp³-hybridized carbons (Fsp3) is 0.562. The minimum Gasteiger partial charge on any atom is -0.374 e. The van der Waals surface area contributed by atoms with Crippen molar-refractivity contribution in [1.29, 1.82) is 0 Å². The minimum absolute atomic E-state index is 0. The van der Waals surface area contributed by atoms with Crippen molar-refractivity contribution in [3.05, 3.63) is 29.8 Å². The molecule has 1 unspecified atom stereocenters. The van der Waals surface area contributed by atoms with Gasteiger partial charge in [-0.1, -0.05) is 13.8 Å². The summed E-state index contributed by atoms with van der Waals surface area (Å²) in [5.41, 5.74) is 1.84. The minimum atomic E-state index is -0.0230. The number of benzene rings is 1. The first-order valence-corrected chi connectivity index (χ1v) is 7.20. The van der Waals surface area contributed by atoms with E-state index in [-0.39, 0.29) is 36.8 Å². The maximum absolute atomic E-state index is 12.0. The SMILES string of the molecule is CNC(C)CNC(=O)c1ccc(N(C)CC(C)C)cc1.Cl.Cl. The highest BCUT2D eigenvalue weighted by Gasteiger charge is 2.08. The summed E-state index contributed by atoms with van der Waals surface area (Å²) >= 11 is 0. The monoisotopic (exact) mass is 349 g/mol. The topological polar surface area (TPSA) is 44.4 Å². The molecule has 0 aromatic heterocycles. The van der Waals surface area contributed by atoms with Crippen molar-refractivity contribution in [2.75, 3.05) is 32.1 Å². The van der Waals surface area contributed by atoms with Gasteiger partial charge in [-0.05, 0) is 44.2 Å². The van der Waals surface area contributed by atoms with Crippen LogP contribution in [0.5, 0.6) is 0 Å². The quantitative estimate of drug-likeness (QED) is 0.795. The molecule has 0 spiro atoms. The van der Waals surface area contributed by atoms with E-state index in [4.69, 9.17) is 0 Å². The number of hydrogen-bond donors (Lipinski definition) is 2. The highest BCUT2D eigenvalue weighted by atomic mass is 35.5. The molecule has 0 aliphatic heterocycles. The Morgan fingerprint density at radius 1 is 1.14 bits per heavy atom. The van der Waals surface area contributed by atoms with Crippen LogP contribution < -0.4 is 15.5 Å². The van der Waals surface area contributed by atoms with Crippen LogP contribution in [0.2, 0.25) is 0 Å². The van der Waals surface area contributed by atoms with Crippen molar-refractivity contribution >= 4 is 36.4 Å². The molecule has 0 radical (unpaired) electrons. The molecule has 1 rings (SSSR count). The number of carbonyl (C=O) groups excluding carboxylic acids is 1. The largest absolute Gasteiger partial charge is 0.374 e. The molecule has 0 heterocycles. The zero-order chi connectivity index (χ0) is 15.1. The van der Waals surface area contributed by atoms with Crippen LogP contribution in [0.25, 0.3) is 0 Å². The highest BCUT2D eigenvalue weighted by Crippen LogP contribution is 2.15. The Bertz CT molecular complexity index is 424. The van der Waals surface area contributed by atoms with E-state index in [1.54, 1.807) is 0 Å². The maximum Gasteiger partial charge on any atom is 0.251 e. The van der Waals surface area contributed by atoms with E-state index >= 15 is 0 Å². The fourth-order valence-corrected chi connectivity index (χ4v) is 1.97. The Kier molecular flexibility index (Phi) is 12.3. The van der Waals surface area contributed by atoms with Gasteiger partial charge < -0.3 is 15.5 Å². The summed E-state index contributed by atoms with van der Waals surface area (Å²) in [5.74, 6) is 0.594. The van der Waals surface area contributed by atoms with Crippen molar-refractivity contribution in [3.63, 3.8) is 0 Å². The molecule has 0 saturated carbocycles. The van der Waals surface area contributed by atoms with Crippen LogP contribution in [-0.2, 0) is 0 Å². The number of likely N-dealkylation sites (N-methyl/N-ethyl adjacent to an activating group) is 1. The van der Waals surface area contributed by atoms with Crippen LogP contribution in [-0.4, -0.2) is 39.1 Å². The van der Waals surface area contributed by atoms with Gasteiger partial charge in [0.1, 0.15) is 0 Å². The van der Waals surface area contributed by atoms with Gasteiger partial charge in [0.05, 0.1) is 0 Å². The molecular formula is C16H29Cl2N3O. The van der Waals surface area contributed by atoms with E-state index in [9.17, 15) is 4.79 Å². The van der Waals surface area contributed by atoms with Gasteiger partial charge in [0.15, 0.2) is 0 Å². The molecule has 1 amide bonds. The standard InChI is InChI=1S/C16H27N3O.2ClH/c1-12(2)11-19(5)15-8-6-14(7-9-15)16(20)18-10-13(3)17-4;;/h6-9,12-13,17H,10-11H2,1-5H3,(H,18,20);2*1H. The Morgan fingerprint density at radius 2 is 1.68 bits per heavy atom. The molecule has 0 saturated heterocycles. The Morgan fingerprint density at radius 3 is 2.14 bits per heavy atom. The normalized spacial score (nSPS) is 11.2. The molecule has 2 N–H and O–H groups in total. The zero-order valence-corrected chi connectivity index (χ0v) is 15.7. The third kappa shape index (κ3) is 7.87. The van der Waals surface area contributed by atoms with E-state index in [1.807, 2.05) is 38.2 Å². The summed E-state index contributed by atoms with van der Waals surface area (Å²) in [6.07, 6.45) is 0. The average molecular weight is 350 g/mol. The molecule has 4 nitrogen and oxygen atoms in total. The summed E-state index contributed by atoms with van der Waals surface area (Å²) in [7, 11) is 3.96. The Labute approximate surface area is 146 Å². The van der Waals surface area contributed by atoms with Crippen LogP contribution in [0.3, 0.4) is 0 Å². The van der Waals surface area contributed by atoms with E-state index in [0.29, 0.717) is 18.0 Å². The van der Waals surface area contributed by atoms with Crippen molar-refractivity contribution in [1.82, 2.24) is 10.6 Å². The third-order valence-electron chi connectivity index (χ3n) is 3.27. The zero-order valence-electron chi connectivity index (χ0n) is 14.1. The average Bonchev–Trinajstić information content (AvgIpc) is 2.43. The summed E-state index contributed by atoms with van der Waals surface area (Å²) in [6.45, 7) is 8.06. The number of nitrogens with zero attached hydrogens (tertiary/aromatic N) is 1. The van der Waals surface area contributed by atoms with Crippen molar-refractivity contribution in [2.24, 2.45) is 5.92 Å². The van der Waals surface area contributed by atoms with Crippen LogP contribution in [0.4, 0.5) is 5.69 Å². The molecule has 0 fully saturated rings. The number of amides is 1. The first kappa shape index (κ1) is 23.3. The van der Waals surface area contributed by atoms with Gasteiger partial charge in [-0.3, -0.25) is 4.79 Å². The summed E-state index contributed by atoms with van der Waals surface area (Å²) in [6, 6.07) is 8.03. The molecular weight excluding hydrogens is 321 g/mol. The lowest BCUT2D eigenvalue weighted by molar-refractivity contribution is 0.0950. The lowest BCUT2D eigenvalue weighted by Gasteiger charge is -2.21. The lowest BCUT2D eigenvalue weighted by Crippen LogP contribution is -2.37. The first-order chi connectivity index (χ1) is 9.43. The number of halogens is 2. The number of rotatable bonds is 7. The van der Waals surface area contributed by atoms with Gasteiger partial charge >= 0.3 is 0 Å². The highest BCUT2D eigenvalue weighted by molar-refractivity contribution is 5.94. The second-order valence-electron chi connectivity index (χ2n) is 5.72. The van der Waals surface area contributed by atoms with E-state index in [1.165, 1.54) is 0 Å². The molecule has 1 aromatic carbocycles. The number of nitrogens with one attached hydrogen (secondary N) is 2. The lowest BCUT2D eigenvalue weighted by atomic mass is 10.1. The molecule has 1 aromatic rings. The van der Waals surface area contributed by atoms with Gasteiger partial charge in [-0.25, -0.2) is 0 Å². The molecule has 22 heavy (non-hydrogen) atoms. The summed E-state index contributed by atoms with van der Waals surface area (Å²) < 4.78 is 0. The van der Waals surface area contributed by atoms with Crippen molar-refractivity contribution < 1.29 is 4.79 Å². The number of carbonyl (C=O) groups is 1. The van der Waals surface area contributed by atoms with Crippen LogP contribution in [0.15, 0.2) is 24.3 Å².